The summed E-state index contributed by atoms with van der Waals surface area (Å²) in [7, 11) is 3.28. The van der Waals surface area contributed by atoms with Crippen molar-refractivity contribution in [2.45, 2.75) is 26.1 Å². The molecule has 1 unspecified atom stereocenters. The molecule has 0 amide bonds. The van der Waals surface area contributed by atoms with Gasteiger partial charge in [0.05, 0.1) is 23.1 Å². The van der Waals surface area contributed by atoms with E-state index in [1.54, 1.807) is 40.2 Å². The zero-order valence-corrected chi connectivity index (χ0v) is 15.2. The van der Waals surface area contributed by atoms with Crippen LogP contribution in [0.25, 0.3) is 0 Å². The van der Waals surface area contributed by atoms with Crippen LogP contribution in [0.3, 0.4) is 0 Å². The molecular formula is C17H24F4N4O. The van der Waals surface area contributed by atoms with E-state index in [9.17, 15) is 17.6 Å². The number of hydrogen-bond donors (Lipinski definition) is 3. The van der Waals surface area contributed by atoms with Gasteiger partial charge in [0.15, 0.2) is 0 Å². The number of ether oxygens (including phenoxy) is 1. The van der Waals surface area contributed by atoms with Crippen molar-refractivity contribution in [2.24, 2.45) is 0 Å². The lowest BCUT2D eigenvalue weighted by molar-refractivity contribution is -0.137. The Labute approximate surface area is 150 Å². The van der Waals surface area contributed by atoms with E-state index >= 15 is 0 Å². The van der Waals surface area contributed by atoms with Crippen LogP contribution in [0, 0.1) is 0 Å². The van der Waals surface area contributed by atoms with Crippen LogP contribution in [-0.2, 0) is 10.9 Å². The summed E-state index contributed by atoms with van der Waals surface area (Å²) in [5.74, 6) is 0.754. The summed E-state index contributed by atoms with van der Waals surface area (Å²) in [6, 6.07) is 0.573. The number of halogens is 4. The third-order valence-electron chi connectivity index (χ3n) is 3.52. The maximum absolute atomic E-state index is 13.0. The standard InChI is InChI=1S/C17H24F4N4O/c1-11(14(5-7-22-3)12(2)26-8-6-18)25-15-9-13(17(19,20)21)10-24-16(15)23-4/h5,7,9-11,22,25H,6,8H2,1-4H3,(H,23,24)/b7-5-,14-12-. The number of nitrogens with zero attached hydrogens (tertiary/aromatic N) is 1. The molecular weight excluding hydrogens is 352 g/mol. The number of allylic oxidation sites excluding steroid dienone is 1. The van der Waals surface area contributed by atoms with Gasteiger partial charge in [-0.15, -0.1) is 0 Å². The van der Waals surface area contributed by atoms with Crippen molar-refractivity contribution in [3.05, 3.63) is 41.4 Å². The summed E-state index contributed by atoms with van der Waals surface area (Å²) in [6.45, 7) is 2.70. The fraction of sp³-hybridized carbons (Fsp3) is 0.471. The molecule has 1 rings (SSSR count). The fourth-order valence-electron chi connectivity index (χ4n) is 2.25. The molecule has 0 aliphatic heterocycles. The van der Waals surface area contributed by atoms with Gasteiger partial charge in [0, 0.05) is 25.9 Å². The molecule has 0 radical (unpaired) electrons. The summed E-state index contributed by atoms with van der Waals surface area (Å²) < 4.78 is 56.6. The first kappa shape index (κ1) is 21.6. The lowest BCUT2D eigenvalue weighted by Gasteiger charge is -2.21. The van der Waals surface area contributed by atoms with E-state index in [0.717, 1.165) is 12.3 Å². The van der Waals surface area contributed by atoms with E-state index in [0.29, 0.717) is 11.3 Å². The Morgan fingerprint density at radius 2 is 2.04 bits per heavy atom. The minimum Gasteiger partial charge on any atom is -0.495 e. The van der Waals surface area contributed by atoms with Gasteiger partial charge in [0.1, 0.15) is 19.1 Å². The highest BCUT2D eigenvalue weighted by Gasteiger charge is 2.32. The summed E-state index contributed by atoms with van der Waals surface area (Å²) in [5, 5.41) is 8.60. The van der Waals surface area contributed by atoms with E-state index in [1.807, 2.05) is 0 Å². The smallest absolute Gasteiger partial charge is 0.417 e. The van der Waals surface area contributed by atoms with Gasteiger partial charge in [0.2, 0.25) is 0 Å². The Morgan fingerprint density at radius 1 is 1.35 bits per heavy atom. The van der Waals surface area contributed by atoms with Crippen molar-refractivity contribution in [3.63, 3.8) is 0 Å². The Hall–Kier alpha value is -2.45. The molecule has 1 atom stereocenters. The van der Waals surface area contributed by atoms with Gasteiger partial charge in [-0.1, -0.05) is 0 Å². The number of aromatic nitrogens is 1. The highest BCUT2D eigenvalue weighted by Crippen LogP contribution is 2.33. The predicted octanol–water partition coefficient (Wildman–Crippen LogP) is 3.94. The van der Waals surface area contributed by atoms with Gasteiger partial charge in [-0.05, 0) is 32.2 Å². The predicted molar refractivity (Wildman–Crippen MR) is 94.7 cm³/mol. The van der Waals surface area contributed by atoms with Crippen LogP contribution in [0.5, 0.6) is 0 Å². The van der Waals surface area contributed by atoms with Crippen LogP contribution in [-0.4, -0.2) is 38.4 Å². The molecule has 0 spiro atoms. The maximum Gasteiger partial charge on any atom is 0.417 e. The van der Waals surface area contributed by atoms with Crippen LogP contribution in [0.2, 0.25) is 0 Å². The monoisotopic (exact) mass is 376 g/mol. The average Bonchev–Trinajstić information content (AvgIpc) is 2.59. The summed E-state index contributed by atoms with van der Waals surface area (Å²) in [4.78, 5) is 3.81. The third-order valence-corrected chi connectivity index (χ3v) is 3.52. The molecule has 1 aromatic rings. The van der Waals surface area contributed by atoms with Crippen LogP contribution in [0.1, 0.15) is 19.4 Å². The van der Waals surface area contributed by atoms with Crippen molar-refractivity contribution < 1.29 is 22.3 Å². The topological polar surface area (TPSA) is 58.2 Å². The zero-order chi connectivity index (χ0) is 19.7. The molecule has 0 saturated heterocycles. The molecule has 0 aliphatic rings. The molecule has 0 bridgehead atoms. The third kappa shape index (κ3) is 6.12. The second-order valence-electron chi connectivity index (χ2n) is 5.40. The van der Waals surface area contributed by atoms with Crippen molar-refractivity contribution in [1.29, 1.82) is 0 Å². The molecule has 0 saturated carbocycles. The number of anilines is 2. The van der Waals surface area contributed by atoms with Crippen molar-refractivity contribution in [2.75, 3.05) is 38.0 Å². The van der Waals surface area contributed by atoms with Gasteiger partial charge >= 0.3 is 6.18 Å². The summed E-state index contributed by atoms with van der Waals surface area (Å²) in [5.41, 5.74) is 0.00337. The Morgan fingerprint density at radius 3 is 2.58 bits per heavy atom. The highest BCUT2D eigenvalue weighted by atomic mass is 19.4. The maximum atomic E-state index is 13.0. The molecule has 26 heavy (non-hydrogen) atoms. The molecule has 0 aliphatic carbocycles. The second-order valence-corrected chi connectivity index (χ2v) is 5.40. The SMILES string of the molecule is CN/C=C\C(=C(/C)OCCF)C(C)Nc1cc(C(F)(F)F)cnc1NC. The van der Waals surface area contributed by atoms with Gasteiger partial charge in [0.25, 0.3) is 0 Å². The molecule has 146 valence electrons. The number of rotatable bonds is 9. The number of alkyl halides is 4. The summed E-state index contributed by atoms with van der Waals surface area (Å²) >= 11 is 0. The van der Waals surface area contributed by atoms with Gasteiger partial charge < -0.3 is 20.7 Å². The van der Waals surface area contributed by atoms with E-state index in [-0.39, 0.29) is 18.1 Å². The zero-order valence-electron chi connectivity index (χ0n) is 15.2. The van der Waals surface area contributed by atoms with Gasteiger partial charge in [-0.25, -0.2) is 9.37 Å². The molecule has 1 aromatic heterocycles. The highest BCUT2D eigenvalue weighted by molar-refractivity contribution is 5.66. The Kier molecular flexibility index (Phi) is 8.21. The first-order valence-corrected chi connectivity index (χ1v) is 7.99. The first-order chi connectivity index (χ1) is 12.2. The fourth-order valence-corrected chi connectivity index (χ4v) is 2.25. The van der Waals surface area contributed by atoms with E-state index < -0.39 is 24.5 Å². The first-order valence-electron chi connectivity index (χ1n) is 7.99. The quantitative estimate of drug-likeness (QED) is 0.346. The van der Waals surface area contributed by atoms with Gasteiger partial charge in [-0.3, -0.25) is 0 Å². The lowest BCUT2D eigenvalue weighted by atomic mass is 10.1. The molecule has 3 N–H and O–H groups in total. The van der Waals surface area contributed by atoms with Crippen molar-refractivity contribution in [3.8, 4) is 0 Å². The van der Waals surface area contributed by atoms with Crippen LogP contribution >= 0.6 is 0 Å². The van der Waals surface area contributed by atoms with Crippen LogP contribution in [0.4, 0.5) is 29.1 Å². The van der Waals surface area contributed by atoms with E-state index in [4.69, 9.17) is 4.74 Å². The Bertz CT molecular complexity index is 644. The van der Waals surface area contributed by atoms with E-state index in [1.165, 1.54) is 0 Å². The molecule has 9 heteroatoms. The second kappa shape index (κ2) is 9.88. The molecule has 1 heterocycles. The molecule has 5 nitrogen and oxygen atoms in total. The van der Waals surface area contributed by atoms with Gasteiger partial charge in [-0.2, -0.15) is 13.2 Å². The summed E-state index contributed by atoms with van der Waals surface area (Å²) in [6.07, 6.45) is -0.358. The van der Waals surface area contributed by atoms with E-state index in [2.05, 4.69) is 20.9 Å². The number of pyridine rings is 1. The average molecular weight is 376 g/mol. The van der Waals surface area contributed by atoms with Crippen molar-refractivity contribution in [1.82, 2.24) is 10.3 Å². The molecule has 0 aromatic carbocycles. The van der Waals surface area contributed by atoms with Crippen LogP contribution < -0.4 is 16.0 Å². The molecule has 0 fully saturated rings. The largest absolute Gasteiger partial charge is 0.495 e. The van der Waals surface area contributed by atoms with Crippen molar-refractivity contribution >= 4 is 11.5 Å². The minimum atomic E-state index is -4.50. The number of nitrogens with one attached hydrogen (secondary N) is 3. The minimum absolute atomic E-state index is 0.0949. The number of hydrogen-bond acceptors (Lipinski definition) is 5. The Balaban J connectivity index is 3.18. The lowest BCUT2D eigenvalue weighted by Crippen LogP contribution is -2.21. The normalized spacial score (nSPS) is 14.0. The van der Waals surface area contributed by atoms with Crippen LogP contribution in [0.15, 0.2) is 35.9 Å².